The molecule has 0 aliphatic heterocycles. The Labute approximate surface area is 135 Å². The van der Waals surface area contributed by atoms with Gasteiger partial charge >= 0.3 is 0 Å². The quantitative estimate of drug-likeness (QED) is 0.446. The Bertz CT molecular complexity index is 1010. The zero-order chi connectivity index (χ0) is 15.8. The predicted molar refractivity (Wildman–Crippen MR) is 96.8 cm³/mol. The van der Waals surface area contributed by atoms with E-state index in [0.29, 0.717) is 0 Å². The molecular formula is C21H18N2. The van der Waals surface area contributed by atoms with Crippen molar-refractivity contribution in [3.8, 4) is 0 Å². The van der Waals surface area contributed by atoms with Gasteiger partial charge in [-0.25, -0.2) is 4.99 Å². The van der Waals surface area contributed by atoms with Crippen LogP contribution in [0.3, 0.4) is 0 Å². The molecule has 4 rings (SSSR count). The highest BCUT2D eigenvalue weighted by Gasteiger charge is 2.06. The molecule has 0 fully saturated rings. The molecular weight excluding hydrogens is 280 g/mol. The molecule has 0 aliphatic rings. The lowest BCUT2D eigenvalue weighted by molar-refractivity contribution is 1.00. The maximum Gasteiger partial charge on any atom is 0.0823 e. The van der Waals surface area contributed by atoms with Gasteiger partial charge in [0.15, 0.2) is 0 Å². The van der Waals surface area contributed by atoms with Crippen LogP contribution >= 0.6 is 0 Å². The van der Waals surface area contributed by atoms with Crippen molar-refractivity contribution in [2.24, 2.45) is 12.0 Å². The van der Waals surface area contributed by atoms with Crippen LogP contribution in [-0.2, 0) is 7.05 Å². The number of para-hydroxylation sites is 2. The second kappa shape index (κ2) is 5.40. The van der Waals surface area contributed by atoms with Gasteiger partial charge in [-0.1, -0.05) is 54.1 Å². The number of benzene rings is 3. The fraction of sp³-hybridized carbons (Fsp3) is 0.0952. The van der Waals surface area contributed by atoms with E-state index >= 15 is 0 Å². The molecule has 0 aliphatic carbocycles. The summed E-state index contributed by atoms with van der Waals surface area (Å²) in [4.78, 5) is 4.97. The number of aryl methyl sites for hydroxylation is 2. The normalized spacial score (nSPS) is 11.0. The Morgan fingerprint density at radius 2 is 1.22 bits per heavy atom. The number of pyridine rings is 1. The largest absolute Gasteiger partial charge is 0.344 e. The van der Waals surface area contributed by atoms with E-state index in [2.05, 4.69) is 91.3 Å². The van der Waals surface area contributed by atoms with Gasteiger partial charge in [0, 0.05) is 17.8 Å². The summed E-state index contributed by atoms with van der Waals surface area (Å²) in [5.74, 6) is 0. The van der Waals surface area contributed by atoms with Crippen molar-refractivity contribution in [3.05, 3.63) is 83.7 Å². The smallest absolute Gasteiger partial charge is 0.0823 e. The molecule has 4 aromatic rings. The minimum atomic E-state index is 0.986. The standard InChI is InChI=1S/C21H18N2/c1-15-11-13-16(14-12-15)22-21-17-7-3-5-9-19(17)23(2)20-10-6-4-8-18(20)21/h3-14H,1-2H3. The number of hydrogen-bond acceptors (Lipinski definition) is 1. The summed E-state index contributed by atoms with van der Waals surface area (Å²) < 4.78 is 2.23. The second-order valence-corrected chi connectivity index (χ2v) is 5.89. The van der Waals surface area contributed by atoms with E-state index in [-0.39, 0.29) is 0 Å². The average molecular weight is 298 g/mol. The van der Waals surface area contributed by atoms with Gasteiger partial charge in [-0.2, -0.15) is 0 Å². The average Bonchev–Trinajstić information content (AvgIpc) is 2.60. The van der Waals surface area contributed by atoms with Crippen molar-refractivity contribution in [2.75, 3.05) is 0 Å². The third kappa shape index (κ3) is 2.33. The Morgan fingerprint density at radius 3 is 1.78 bits per heavy atom. The molecule has 3 aromatic carbocycles. The van der Waals surface area contributed by atoms with Gasteiger partial charge in [0.1, 0.15) is 0 Å². The highest BCUT2D eigenvalue weighted by Crippen LogP contribution is 2.19. The van der Waals surface area contributed by atoms with Gasteiger partial charge in [0.2, 0.25) is 0 Å². The van der Waals surface area contributed by atoms with Gasteiger partial charge in [0.25, 0.3) is 0 Å². The minimum Gasteiger partial charge on any atom is -0.344 e. The van der Waals surface area contributed by atoms with E-state index in [1.165, 1.54) is 27.4 Å². The number of rotatable bonds is 1. The lowest BCUT2D eigenvalue weighted by atomic mass is 10.1. The summed E-state index contributed by atoms with van der Waals surface area (Å²) in [6, 6.07) is 25.3. The molecule has 112 valence electrons. The molecule has 0 atom stereocenters. The van der Waals surface area contributed by atoms with Crippen LogP contribution in [0.4, 0.5) is 5.69 Å². The van der Waals surface area contributed by atoms with Gasteiger partial charge < -0.3 is 4.57 Å². The van der Waals surface area contributed by atoms with E-state index in [1.54, 1.807) is 0 Å². The molecule has 1 aromatic heterocycles. The van der Waals surface area contributed by atoms with Crippen LogP contribution in [0.2, 0.25) is 0 Å². The van der Waals surface area contributed by atoms with Gasteiger partial charge in [-0.3, -0.25) is 0 Å². The first kappa shape index (κ1) is 13.8. The molecule has 0 spiro atoms. The Balaban J connectivity index is 2.18. The lowest BCUT2D eigenvalue weighted by Gasteiger charge is -2.11. The van der Waals surface area contributed by atoms with Crippen molar-refractivity contribution in [2.45, 2.75) is 6.92 Å². The fourth-order valence-electron chi connectivity index (χ4n) is 3.08. The molecule has 0 radical (unpaired) electrons. The number of hydrogen-bond donors (Lipinski definition) is 0. The maximum absolute atomic E-state index is 4.97. The van der Waals surface area contributed by atoms with E-state index in [4.69, 9.17) is 4.99 Å². The van der Waals surface area contributed by atoms with Gasteiger partial charge in [-0.15, -0.1) is 0 Å². The van der Waals surface area contributed by atoms with Crippen molar-refractivity contribution >= 4 is 27.5 Å². The highest BCUT2D eigenvalue weighted by atomic mass is 14.9. The van der Waals surface area contributed by atoms with Crippen LogP contribution in [-0.4, -0.2) is 4.57 Å². The summed E-state index contributed by atoms with van der Waals surface area (Å²) >= 11 is 0. The zero-order valence-corrected chi connectivity index (χ0v) is 13.3. The molecule has 23 heavy (non-hydrogen) atoms. The molecule has 1 heterocycles. The van der Waals surface area contributed by atoms with Gasteiger partial charge in [0.05, 0.1) is 22.1 Å². The van der Waals surface area contributed by atoms with Crippen LogP contribution in [0.25, 0.3) is 21.8 Å². The molecule has 2 heteroatoms. The summed E-state index contributed by atoms with van der Waals surface area (Å²) in [6.07, 6.45) is 0. The zero-order valence-electron chi connectivity index (χ0n) is 13.3. The first-order chi connectivity index (χ1) is 11.2. The molecule has 0 saturated heterocycles. The molecule has 2 nitrogen and oxygen atoms in total. The van der Waals surface area contributed by atoms with E-state index < -0.39 is 0 Å². The first-order valence-corrected chi connectivity index (χ1v) is 7.82. The summed E-state index contributed by atoms with van der Waals surface area (Å²) in [7, 11) is 2.11. The third-order valence-corrected chi connectivity index (χ3v) is 4.32. The Morgan fingerprint density at radius 1 is 0.696 bits per heavy atom. The molecule has 0 saturated carbocycles. The van der Waals surface area contributed by atoms with E-state index in [1.807, 2.05) is 0 Å². The number of nitrogens with zero attached hydrogens (tertiary/aromatic N) is 2. The van der Waals surface area contributed by atoms with Crippen LogP contribution in [0.1, 0.15) is 5.56 Å². The number of aromatic nitrogens is 1. The monoisotopic (exact) mass is 298 g/mol. The SMILES string of the molecule is Cc1ccc(N=c2c3ccccc3n(C)c3ccccc23)cc1. The van der Waals surface area contributed by atoms with Crippen molar-refractivity contribution in [1.29, 1.82) is 0 Å². The van der Waals surface area contributed by atoms with Crippen molar-refractivity contribution in [3.63, 3.8) is 0 Å². The minimum absolute atomic E-state index is 0.986. The summed E-state index contributed by atoms with van der Waals surface area (Å²) in [5, 5.41) is 3.39. The van der Waals surface area contributed by atoms with Crippen molar-refractivity contribution < 1.29 is 0 Å². The fourth-order valence-corrected chi connectivity index (χ4v) is 3.08. The summed E-state index contributed by atoms with van der Waals surface area (Å²) in [6.45, 7) is 2.09. The predicted octanol–water partition coefficient (Wildman–Crippen LogP) is 4.87. The van der Waals surface area contributed by atoms with Gasteiger partial charge in [-0.05, 0) is 31.2 Å². The lowest BCUT2D eigenvalue weighted by Crippen LogP contribution is -2.10. The molecule has 0 bridgehead atoms. The van der Waals surface area contributed by atoms with E-state index in [0.717, 1.165) is 11.0 Å². The highest BCUT2D eigenvalue weighted by molar-refractivity contribution is 5.93. The maximum atomic E-state index is 4.97. The summed E-state index contributed by atoms with van der Waals surface area (Å²) in [5.41, 5.74) is 4.62. The topological polar surface area (TPSA) is 17.3 Å². The van der Waals surface area contributed by atoms with E-state index in [9.17, 15) is 0 Å². The van der Waals surface area contributed by atoms with Crippen LogP contribution < -0.4 is 5.36 Å². The van der Waals surface area contributed by atoms with Crippen molar-refractivity contribution in [1.82, 2.24) is 4.57 Å². The van der Waals surface area contributed by atoms with Crippen LogP contribution in [0.15, 0.2) is 77.8 Å². The second-order valence-electron chi connectivity index (χ2n) is 5.89. The van der Waals surface area contributed by atoms with Crippen LogP contribution in [0, 0.1) is 6.92 Å². The third-order valence-electron chi connectivity index (χ3n) is 4.32. The Kier molecular flexibility index (Phi) is 3.23. The molecule has 0 N–H and O–H groups in total. The molecule has 0 amide bonds. The van der Waals surface area contributed by atoms with Crippen LogP contribution in [0.5, 0.6) is 0 Å². The first-order valence-electron chi connectivity index (χ1n) is 7.82. The number of fused-ring (bicyclic) bond motifs is 2. The Hall–Kier alpha value is -2.87. The molecule has 0 unspecified atom stereocenters.